The van der Waals surface area contributed by atoms with Crippen molar-refractivity contribution in [3.05, 3.63) is 54.6 Å². The van der Waals surface area contributed by atoms with Crippen LogP contribution >= 0.6 is 0 Å². The van der Waals surface area contributed by atoms with Crippen molar-refractivity contribution in [2.45, 2.75) is 13.0 Å². The normalized spacial score (nSPS) is 12.1. The van der Waals surface area contributed by atoms with Crippen LogP contribution in [0, 0.1) is 0 Å². The van der Waals surface area contributed by atoms with Crippen LogP contribution < -0.4 is 5.32 Å². The third-order valence-electron chi connectivity index (χ3n) is 2.76. The summed E-state index contributed by atoms with van der Waals surface area (Å²) in [5.74, 6) is 1.60. The van der Waals surface area contributed by atoms with Crippen molar-refractivity contribution in [2.75, 3.05) is 5.32 Å². The molecule has 0 saturated carbocycles. The number of anilines is 1. The van der Waals surface area contributed by atoms with E-state index in [1.54, 1.807) is 18.5 Å². The second-order valence-electron chi connectivity index (χ2n) is 4.26. The first-order chi connectivity index (χ1) is 9.83. The van der Waals surface area contributed by atoms with Gasteiger partial charge in [-0.15, -0.1) is 0 Å². The van der Waals surface area contributed by atoms with Gasteiger partial charge >= 0.3 is 0 Å². The topological polar surface area (TPSA) is 76.7 Å². The number of rotatable bonds is 4. The quantitative estimate of drug-likeness (QED) is 0.783. The maximum atomic E-state index is 5.27. The van der Waals surface area contributed by atoms with Gasteiger partial charge in [0.15, 0.2) is 5.82 Å². The van der Waals surface area contributed by atoms with Crippen molar-refractivity contribution in [3.8, 4) is 11.5 Å². The molecule has 0 amide bonds. The molecule has 6 nitrogen and oxygen atoms in total. The molecule has 2 aromatic heterocycles. The molecule has 0 radical (unpaired) electrons. The molecule has 3 rings (SSSR count). The van der Waals surface area contributed by atoms with Gasteiger partial charge in [0, 0.05) is 18.0 Å². The predicted octanol–water partition coefficient (Wildman–Crippen LogP) is 2.70. The van der Waals surface area contributed by atoms with E-state index in [9.17, 15) is 0 Å². The number of hydrogen-bond donors (Lipinski definition) is 1. The Hall–Kier alpha value is -2.76. The van der Waals surface area contributed by atoms with Gasteiger partial charge in [-0.3, -0.25) is 0 Å². The van der Waals surface area contributed by atoms with Gasteiger partial charge in [0.05, 0.1) is 6.04 Å². The van der Waals surface area contributed by atoms with Gasteiger partial charge in [0.2, 0.25) is 5.95 Å². The monoisotopic (exact) mass is 267 g/mol. The van der Waals surface area contributed by atoms with Gasteiger partial charge in [-0.2, -0.15) is 4.98 Å². The van der Waals surface area contributed by atoms with Gasteiger partial charge in [0.25, 0.3) is 5.89 Å². The van der Waals surface area contributed by atoms with Crippen molar-refractivity contribution < 1.29 is 4.52 Å². The highest BCUT2D eigenvalue weighted by Crippen LogP contribution is 2.20. The molecular weight excluding hydrogens is 254 g/mol. The first kappa shape index (κ1) is 12.3. The zero-order chi connectivity index (χ0) is 13.8. The molecular formula is C14H13N5O. The fourth-order valence-corrected chi connectivity index (χ4v) is 1.74. The number of hydrogen-bond acceptors (Lipinski definition) is 6. The zero-order valence-corrected chi connectivity index (χ0v) is 10.9. The highest BCUT2D eigenvalue weighted by molar-refractivity contribution is 5.52. The third kappa shape index (κ3) is 2.64. The van der Waals surface area contributed by atoms with Gasteiger partial charge in [0.1, 0.15) is 0 Å². The first-order valence-corrected chi connectivity index (χ1v) is 6.25. The van der Waals surface area contributed by atoms with Crippen LogP contribution in [0.2, 0.25) is 0 Å². The Labute approximate surface area is 115 Å². The molecule has 1 aromatic carbocycles. The summed E-state index contributed by atoms with van der Waals surface area (Å²) in [4.78, 5) is 12.6. The molecule has 0 aliphatic rings. The van der Waals surface area contributed by atoms with Crippen LogP contribution in [-0.4, -0.2) is 20.1 Å². The molecule has 0 fully saturated rings. The van der Waals surface area contributed by atoms with E-state index >= 15 is 0 Å². The lowest BCUT2D eigenvalue weighted by molar-refractivity contribution is 0.419. The maximum absolute atomic E-state index is 5.27. The second-order valence-corrected chi connectivity index (χ2v) is 4.26. The Morgan fingerprint density at radius 2 is 1.80 bits per heavy atom. The Morgan fingerprint density at radius 3 is 2.55 bits per heavy atom. The Kier molecular flexibility index (Phi) is 3.36. The molecule has 0 bridgehead atoms. The van der Waals surface area contributed by atoms with E-state index in [-0.39, 0.29) is 6.04 Å². The van der Waals surface area contributed by atoms with Crippen LogP contribution in [0.1, 0.15) is 18.8 Å². The smallest absolute Gasteiger partial charge is 0.257 e. The third-order valence-corrected chi connectivity index (χ3v) is 2.76. The van der Waals surface area contributed by atoms with E-state index in [1.165, 1.54) is 0 Å². The lowest BCUT2D eigenvalue weighted by atomic mass is 10.2. The Morgan fingerprint density at radius 1 is 1.05 bits per heavy atom. The summed E-state index contributed by atoms with van der Waals surface area (Å²) in [6, 6.07) is 11.3. The maximum Gasteiger partial charge on any atom is 0.257 e. The summed E-state index contributed by atoms with van der Waals surface area (Å²) in [6.07, 6.45) is 3.35. The SMILES string of the molecule is CC(Nc1ncccn1)c1noc(-c2ccccc2)n1. The highest BCUT2D eigenvalue weighted by Gasteiger charge is 2.15. The minimum absolute atomic E-state index is 0.140. The summed E-state index contributed by atoms with van der Waals surface area (Å²) in [7, 11) is 0. The molecule has 1 N–H and O–H groups in total. The fraction of sp³-hybridized carbons (Fsp3) is 0.143. The van der Waals surface area contributed by atoms with E-state index in [1.807, 2.05) is 37.3 Å². The van der Waals surface area contributed by atoms with Gasteiger partial charge in [-0.05, 0) is 25.1 Å². The highest BCUT2D eigenvalue weighted by atomic mass is 16.5. The molecule has 0 aliphatic carbocycles. The molecule has 0 saturated heterocycles. The van der Waals surface area contributed by atoms with Gasteiger partial charge in [-0.25, -0.2) is 9.97 Å². The van der Waals surface area contributed by atoms with Crippen LogP contribution in [0.25, 0.3) is 11.5 Å². The van der Waals surface area contributed by atoms with E-state index in [0.29, 0.717) is 17.7 Å². The van der Waals surface area contributed by atoms with Crippen LogP contribution in [-0.2, 0) is 0 Å². The van der Waals surface area contributed by atoms with E-state index in [4.69, 9.17) is 4.52 Å². The summed E-state index contributed by atoms with van der Waals surface area (Å²) in [5, 5.41) is 7.10. The summed E-state index contributed by atoms with van der Waals surface area (Å²) < 4.78 is 5.27. The molecule has 1 atom stereocenters. The lowest BCUT2D eigenvalue weighted by Crippen LogP contribution is -2.10. The van der Waals surface area contributed by atoms with Crippen molar-refractivity contribution in [1.82, 2.24) is 20.1 Å². The van der Waals surface area contributed by atoms with Crippen LogP contribution in [0.5, 0.6) is 0 Å². The van der Waals surface area contributed by atoms with Crippen LogP contribution in [0.4, 0.5) is 5.95 Å². The van der Waals surface area contributed by atoms with E-state index in [0.717, 1.165) is 5.56 Å². The number of nitrogens with zero attached hydrogens (tertiary/aromatic N) is 4. The molecule has 3 aromatic rings. The standard InChI is InChI=1S/C14H13N5O/c1-10(17-14-15-8-5-9-16-14)12-18-13(20-19-12)11-6-3-2-4-7-11/h2-10H,1H3,(H,15,16,17). The molecule has 0 aliphatic heterocycles. The van der Waals surface area contributed by atoms with Crippen molar-refractivity contribution in [3.63, 3.8) is 0 Å². The molecule has 6 heteroatoms. The van der Waals surface area contributed by atoms with Crippen molar-refractivity contribution in [1.29, 1.82) is 0 Å². The second kappa shape index (κ2) is 5.48. The van der Waals surface area contributed by atoms with E-state index in [2.05, 4.69) is 25.4 Å². The molecule has 1 unspecified atom stereocenters. The van der Waals surface area contributed by atoms with Gasteiger partial charge < -0.3 is 9.84 Å². The average Bonchev–Trinajstić information content (AvgIpc) is 2.99. The lowest BCUT2D eigenvalue weighted by Gasteiger charge is -2.08. The number of benzene rings is 1. The minimum Gasteiger partial charge on any atom is -0.344 e. The average molecular weight is 267 g/mol. The summed E-state index contributed by atoms with van der Waals surface area (Å²) in [5.41, 5.74) is 0.898. The van der Waals surface area contributed by atoms with Gasteiger partial charge in [-0.1, -0.05) is 23.4 Å². The fourth-order valence-electron chi connectivity index (χ4n) is 1.74. The van der Waals surface area contributed by atoms with Crippen molar-refractivity contribution in [2.24, 2.45) is 0 Å². The zero-order valence-electron chi connectivity index (χ0n) is 10.9. The molecule has 100 valence electrons. The van der Waals surface area contributed by atoms with E-state index < -0.39 is 0 Å². The summed E-state index contributed by atoms with van der Waals surface area (Å²) in [6.45, 7) is 1.93. The largest absolute Gasteiger partial charge is 0.344 e. The van der Waals surface area contributed by atoms with Crippen LogP contribution in [0.15, 0.2) is 53.3 Å². The number of nitrogens with one attached hydrogen (secondary N) is 1. The van der Waals surface area contributed by atoms with Crippen molar-refractivity contribution >= 4 is 5.95 Å². The molecule has 0 spiro atoms. The molecule has 2 heterocycles. The molecule has 20 heavy (non-hydrogen) atoms. The first-order valence-electron chi connectivity index (χ1n) is 6.25. The Balaban J connectivity index is 1.77. The minimum atomic E-state index is -0.140. The predicted molar refractivity (Wildman–Crippen MR) is 73.8 cm³/mol. The number of aromatic nitrogens is 4. The Bertz CT molecular complexity index is 668. The van der Waals surface area contributed by atoms with Crippen LogP contribution in [0.3, 0.4) is 0 Å². The summed E-state index contributed by atoms with van der Waals surface area (Å²) >= 11 is 0.